The molecule has 2 rings (SSSR count). The minimum atomic E-state index is -3.80. The fourth-order valence-electron chi connectivity index (χ4n) is 3.08. The first-order valence-corrected chi connectivity index (χ1v) is 11.7. The summed E-state index contributed by atoms with van der Waals surface area (Å²) in [4.78, 5) is 14.7. The van der Waals surface area contributed by atoms with Gasteiger partial charge in [0, 0.05) is 26.2 Å². The Bertz CT molecular complexity index is 778. The zero-order valence-corrected chi connectivity index (χ0v) is 18.7. The third-order valence-corrected chi connectivity index (χ3v) is 6.91. The molecule has 0 aliphatic carbocycles. The van der Waals surface area contributed by atoms with Crippen LogP contribution in [0, 0.1) is 17.7 Å². The molecule has 0 atom stereocenters. The van der Waals surface area contributed by atoms with Crippen molar-refractivity contribution in [3.05, 3.63) is 29.6 Å². The van der Waals surface area contributed by atoms with E-state index in [1.54, 1.807) is 4.90 Å². The fourth-order valence-corrected chi connectivity index (χ4v) is 4.51. The first-order chi connectivity index (χ1) is 13.6. The van der Waals surface area contributed by atoms with Crippen LogP contribution in [0.15, 0.2) is 23.1 Å². The fraction of sp³-hybridized carbons (Fsp3) is 0.667. The zero-order chi connectivity index (χ0) is 21.6. The second-order valence-corrected chi connectivity index (χ2v) is 10.3. The van der Waals surface area contributed by atoms with E-state index in [1.165, 1.54) is 16.4 Å². The Morgan fingerprint density at radius 2 is 1.66 bits per heavy atom. The maximum absolute atomic E-state index is 14.5. The number of hydrogen-bond acceptors (Lipinski definition) is 4. The van der Waals surface area contributed by atoms with Gasteiger partial charge in [0.15, 0.2) is 0 Å². The van der Waals surface area contributed by atoms with Crippen molar-refractivity contribution in [3.8, 4) is 0 Å². The van der Waals surface area contributed by atoms with Crippen molar-refractivity contribution in [1.82, 2.24) is 9.21 Å². The van der Waals surface area contributed by atoms with Gasteiger partial charge in [-0.3, -0.25) is 4.79 Å². The molecule has 1 aromatic rings. The first kappa shape index (κ1) is 23.8. The molecule has 1 fully saturated rings. The summed E-state index contributed by atoms with van der Waals surface area (Å²) in [5.74, 6) is -0.345. The quantitative estimate of drug-likeness (QED) is 0.605. The normalized spacial score (nSPS) is 15.8. The van der Waals surface area contributed by atoms with Crippen LogP contribution >= 0.6 is 0 Å². The Morgan fingerprint density at radius 1 is 1.10 bits per heavy atom. The molecule has 1 aromatic carbocycles. The lowest BCUT2D eigenvalue weighted by Gasteiger charge is -2.27. The van der Waals surface area contributed by atoms with Crippen LogP contribution in [0.1, 0.15) is 50.9 Å². The standard InChI is InChI=1S/C21H33FN2O4S/c1-16(2)7-9-23(10-8-17(3)4)21(25)19-15-18(5-6-20(19)22)29(26,27)24-11-13-28-14-12-24/h5-6,15-17H,7-14H2,1-4H3. The number of nitrogens with zero attached hydrogens (tertiary/aromatic N) is 2. The summed E-state index contributed by atoms with van der Waals surface area (Å²) in [6, 6.07) is 3.48. The predicted octanol–water partition coefficient (Wildman–Crippen LogP) is 3.38. The van der Waals surface area contributed by atoms with Gasteiger partial charge in [0.1, 0.15) is 5.82 Å². The van der Waals surface area contributed by atoms with E-state index in [0.717, 1.165) is 18.9 Å². The van der Waals surface area contributed by atoms with Gasteiger partial charge in [-0.15, -0.1) is 0 Å². The number of ether oxygens (including phenoxy) is 1. The van der Waals surface area contributed by atoms with Gasteiger partial charge in [0.2, 0.25) is 10.0 Å². The van der Waals surface area contributed by atoms with Gasteiger partial charge in [-0.25, -0.2) is 12.8 Å². The number of morpholine rings is 1. The highest BCUT2D eigenvalue weighted by atomic mass is 32.2. The van der Waals surface area contributed by atoms with Gasteiger partial charge in [0.25, 0.3) is 5.91 Å². The number of carbonyl (C=O) groups excluding carboxylic acids is 1. The second kappa shape index (κ2) is 10.5. The zero-order valence-electron chi connectivity index (χ0n) is 17.9. The lowest BCUT2D eigenvalue weighted by molar-refractivity contribution is 0.0727. The molecule has 0 saturated carbocycles. The molecule has 8 heteroatoms. The summed E-state index contributed by atoms with van der Waals surface area (Å²) >= 11 is 0. The molecule has 6 nitrogen and oxygen atoms in total. The van der Waals surface area contributed by atoms with E-state index in [2.05, 4.69) is 27.7 Å². The molecule has 164 valence electrons. The van der Waals surface area contributed by atoms with E-state index < -0.39 is 21.7 Å². The number of sulfonamides is 1. The molecule has 1 saturated heterocycles. The molecule has 0 radical (unpaired) electrons. The molecule has 0 bridgehead atoms. The molecular formula is C21H33FN2O4S. The van der Waals surface area contributed by atoms with E-state index in [1.807, 2.05) is 0 Å². The largest absolute Gasteiger partial charge is 0.379 e. The highest BCUT2D eigenvalue weighted by Gasteiger charge is 2.29. The lowest BCUT2D eigenvalue weighted by Crippen LogP contribution is -2.40. The summed E-state index contributed by atoms with van der Waals surface area (Å²) < 4.78 is 46.8. The molecule has 1 aliphatic rings. The lowest BCUT2D eigenvalue weighted by atomic mass is 10.1. The van der Waals surface area contributed by atoms with Gasteiger partial charge in [0.05, 0.1) is 23.7 Å². The molecule has 1 aliphatic heterocycles. The van der Waals surface area contributed by atoms with Crippen molar-refractivity contribution < 1.29 is 22.3 Å². The van der Waals surface area contributed by atoms with E-state index in [4.69, 9.17) is 4.74 Å². The molecule has 1 heterocycles. The number of hydrogen-bond donors (Lipinski definition) is 0. The number of rotatable bonds is 9. The third-order valence-electron chi connectivity index (χ3n) is 5.02. The first-order valence-electron chi connectivity index (χ1n) is 10.3. The highest BCUT2D eigenvalue weighted by Crippen LogP contribution is 2.22. The van der Waals surface area contributed by atoms with Gasteiger partial charge in [-0.1, -0.05) is 27.7 Å². The van der Waals surface area contributed by atoms with Crippen LogP contribution < -0.4 is 0 Å². The molecular weight excluding hydrogens is 395 g/mol. The Morgan fingerprint density at radius 3 is 2.17 bits per heavy atom. The van der Waals surface area contributed by atoms with Gasteiger partial charge in [-0.2, -0.15) is 4.31 Å². The van der Waals surface area contributed by atoms with Crippen LogP contribution in [-0.4, -0.2) is 62.9 Å². The summed E-state index contributed by atoms with van der Waals surface area (Å²) in [5.41, 5.74) is -0.188. The van der Waals surface area contributed by atoms with E-state index in [9.17, 15) is 17.6 Å². The summed E-state index contributed by atoms with van der Waals surface area (Å²) in [7, 11) is -3.80. The summed E-state index contributed by atoms with van der Waals surface area (Å²) in [5, 5.41) is 0. The average Bonchev–Trinajstić information content (AvgIpc) is 2.68. The molecule has 0 unspecified atom stereocenters. The maximum atomic E-state index is 14.5. The molecule has 1 amide bonds. The van der Waals surface area contributed by atoms with E-state index in [0.29, 0.717) is 38.1 Å². The average molecular weight is 429 g/mol. The smallest absolute Gasteiger partial charge is 0.256 e. The van der Waals surface area contributed by atoms with Crippen molar-refractivity contribution in [2.45, 2.75) is 45.4 Å². The van der Waals surface area contributed by atoms with Crippen molar-refractivity contribution in [3.63, 3.8) is 0 Å². The van der Waals surface area contributed by atoms with Crippen LogP contribution in [0.2, 0.25) is 0 Å². The highest BCUT2D eigenvalue weighted by molar-refractivity contribution is 7.89. The van der Waals surface area contributed by atoms with Crippen molar-refractivity contribution in [1.29, 1.82) is 0 Å². The maximum Gasteiger partial charge on any atom is 0.256 e. The number of amides is 1. The van der Waals surface area contributed by atoms with Crippen LogP contribution in [0.5, 0.6) is 0 Å². The van der Waals surface area contributed by atoms with E-state index in [-0.39, 0.29) is 23.5 Å². The Balaban J connectivity index is 2.30. The van der Waals surface area contributed by atoms with E-state index >= 15 is 0 Å². The predicted molar refractivity (Wildman–Crippen MR) is 111 cm³/mol. The minimum absolute atomic E-state index is 0.0585. The third kappa shape index (κ3) is 6.49. The molecule has 0 spiro atoms. The molecule has 0 N–H and O–H groups in total. The second-order valence-electron chi connectivity index (χ2n) is 8.32. The Kier molecular flexibility index (Phi) is 8.60. The Labute approximate surface area is 174 Å². The van der Waals surface area contributed by atoms with Crippen LogP contribution in [0.4, 0.5) is 4.39 Å². The van der Waals surface area contributed by atoms with Crippen molar-refractivity contribution >= 4 is 15.9 Å². The monoisotopic (exact) mass is 428 g/mol. The molecule has 0 aromatic heterocycles. The van der Waals surface area contributed by atoms with Gasteiger partial charge in [-0.05, 0) is 42.9 Å². The summed E-state index contributed by atoms with van der Waals surface area (Å²) in [6.07, 6.45) is 1.61. The van der Waals surface area contributed by atoms with Crippen molar-refractivity contribution in [2.24, 2.45) is 11.8 Å². The Hall–Kier alpha value is -1.51. The summed E-state index contributed by atoms with van der Waals surface area (Å²) in [6.45, 7) is 10.5. The van der Waals surface area contributed by atoms with Crippen LogP contribution in [-0.2, 0) is 14.8 Å². The van der Waals surface area contributed by atoms with Crippen molar-refractivity contribution in [2.75, 3.05) is 39.4 Å². The van der Waals surface area contributed by atoms with Gasteiger partial charge >= 0.3 is 0 Å². The number of halogens is 1. The number of benzene rings is 1. The van der Waals surface area contributed by atoms with Crippen LogP contribution in [0.25, 0.3) is 0 Å². The SMILES string of the molecule is CC(C)CCN(CCC(C)C)C(=O)c1cc(S(=O)(=O)N2CCOCC2)ccc1F. The molecule has 29 heavy (non-hydrogen) atoms. The minimum Gasteiger partial charge on any atom is -0.379 e. The number of carbonyl (C=O) groups is 1. The topological polar surface area (TPSA) is 66.9 Å². The van der Waals surface area contributed by atoms with Gasteiger partial charge < -0.3 is 9.64 Å². The van der Waals surface area contributed by atoms with Crippen LogP contribution in [0.3, 0.4) is 0 Å².